The van der Waals surface area contributed by atoms with Gasteiger partial charge in [0, 0.05) is 6.61 Å². The predicted octanol–water partition coefficient (Wildman–Crippen LogP) is 5.45. The predicted molar refractivity (Wildman–Crippen MR) is 83.5 cm³/mol. The van der Waals surface area contributed by atoms with Crippen LogP contribution in [0.1, 0.15) is 54.4 Å². The van der Waals surface area contributed by atoms with Crippen LogP contribution >= 0.6 is 0 Å². The molecule has 1 rings (SSSR count). The highest BCUT2D eigenvalue weighted by atomic mass is 28.4. The molecule has 0 radical (unpaired) electrons. The largest absolute Gasteiger partial charge is 0.416 e. The van der Waals surface area contributed by atoms with Gasteiger partial charge in [0.1, 0.15) is 0 Å². The molecule has 0 atom stereocenters. The topological polar surface area (TPSA) is 9.23 Å². The summed E-state index contributed by atoms with van der Waals surface area (Å²) in [6.45, 7) is 15.0. The molecule has 0 saturated heterocycles. The van der Waals surface area contributed by atoms with Crippen molar-refractivity contribution in [3.63, 3.8) is 0 Å². The fraction of sp³-hybridized carbons (Fsp3) is 0.750. The third-order valence-corrected chi connectivity index (χ3v) is 10.4. The van der Waals surface area contributed by atoms with Gasteiger partial charge in [-0.15, -0.1) is 0 Å². The summed E-state index contributed by atoms with van der Waals surface area (Å²) in [6, 6.07) is 0. The summed E-state index contributed by atoms with van der Waals surface area (Å²) in [4.78, 5) is 0. The molecule has 0 aromatic rings. The van der Waals surface area contributed by atoms with E-state index in [1.54, 1.807) is 0 Å². The van der Waals surface area contributed by atoms with E-state index < -0.39 is 8.32 Å². The molecule has 0 aromatic carbocycles. The Morgan fingerprint density at radius 1 is 1.06 bits per heavy atom. The summed E-state index contributed by atoms with van der Waals surface area (Å²) in [5.41, 5.74) is 3.59. The summed E-state index contributed by atoms with van der Waals surface area (Å²) in [5.74, 6) is 0. The first-order valence-corrected chi connectivity index (χ1v) is 9.53. The van der Waals surface area contributed by atoms with E-state index in [9.17, 15) is 0 Å². The molecule has 0 aliphatic heterocycles. The third-order valence-electron chi connectivity index (χ3n) is 4.33. The maximum absolute atomic E-state index is 6.55. The molecule has 0 heterocycles. The second kappa shape index (κ2) is 6.72. The van der Waals surface area contributed by atoms with Gasteiger partial charge in [-0.2, -0.15) is 0 Å². The van der Waals surface area contributed by atoms with Gasteiger partial charge in [0.15, 0.2) is 8.32 Å². The van der Waals surface area contributed by atoms with Crippen molar-refractivity contribution < 1.29 is 4.43 Å². The first-order chi connectivity index (χ1) is 8.41. The lowest BCUT2D eigenvalue weighted by Gasteiger charge is -2.42. The summed E-state index contributed by atoms with van der Waals surface area (Å²) in [7, 11) is -1.65. The van der Waals surface area contributed by atoms with Gasteiger partial charge >= 0.3 is 0 Å². The first kappa shape index (κ1) is 15.7. The molecule has 0 fully saturated rings. The van der Waals surface area contributed by atoms with Crippen LogP contribution in [0.15, 0.2) is 23.8 Å². The van der Waals surface area contributed by atoms with Crippen molar-refractivity contribution in [3.8, 4) is 0 Å². The molecule has 0 spiro atoms. The zero-order valence-electron chi connectivity index (χ0n) is 13.0. The van der Waals surface area contributed by atoms with Crippen LogP contribution in [0, 0.1) is 0 Å². The quantitative estimate of drug-likeness (QED) is 0.556. The van der Waals surface area contributed by atoms with E-state index in [1.807, 2.05) is 0 Å². The molecule has 0 saturated carbocycles. The lowest BCUT2D eigenvalue weighted by molar-refractivity contribution is 0.280. The summed E-state index contributed by atoms with van der Waals surface area (Å²) >= 11 is 0. The number of hydrogen-bond acceptors (Lipinski definition) is 1. The lowest BCUT2D eigenvalue weighted by Crippen LogP contribution is -2.48. The third kappa shape index (κ3) is 3.36. The van der Waals surface area contributed by atoms with Gasteiger partial charge in [0.2, 0.25) is 0 Å². The molecule has 1 aliphatic carbocycles. The van der Waals surface area contributed by atoms with Crippen molar-refractivity contribution in [2.75, 3.05) is 6.61 Å². The molecule has 2 heteroatoms. The minimum absolute atomic E-state index is 0.688. The zero-order valence-corrected chi connectivity index (χ0v) is 14.0. The molecule has 0 amide bonds. The molecule has 104 valence electrons. The van der Waals surface area contributed by atoms with E-state index in [-0.39, 0.29) is 0 Å². The first-order valence-electron chi connectivity index (χ1n) is 7.39. The Morgan fingerprint density at radius 2 is 1.61 bits per heavy atom. The summed E-state index contributed by atoms with van der Waals surface area (Å²) in [5, 5.41) is 0. The number of rotatable bonds is 7. The van der Waals surface area contributed by atoms with E-state index in [0.717, 1.165) is 19.4 Å². The van der Waals surface area contributed by atoms with Gasteiger partial charge in [-0.3, -0.25) is 0 Å². The van der Waals surface area contributed by atoms with E-state index in [0.29, 0.717) is 16.6 Å². The Kier molecular flexibility index (Phi) is 5.86. The van der Waals surface area contributed by atoms with Gasteiger partial charge < -0.3 is 4.43 Å². The van der Waals surface area contributed by atoms with Gasteiger partial charge in [0.25, 0.3) is 0 Å². The standard InChI is InChI=1S/C16H30OSi/c1-13(2)18(14(3)4,15(5)6)17-12-11-16-9-7-8-10-16/h7-9,13-15H,10-12H2,1-6H3. The minimum Gasteiger partial charge on any atom is -0.416 e. The molecular weight excluding hydrogens is 236 g/mol. The van der Waals surface area contributed by atoms with Crippen LogP contribution in [0.4, 0.5) is 0 Å². The second-order valence-corrected chi connectivity index (χ2v) is 11.8. The summed E-state index contributed by atoms with van der Waals surface area (Å²) < 4.78 is 6.55. The molecule has 1 nitrogen and oxygen atoms in total. The van der Waals surface area contributed by atoms with E-state index >= 15 is 0 Å². The average molecular weight is 267 g/mol. The average Bonchev–Trinajstić information content (AvgIpc) is 2.75. The van der Waals surface area contributed by atoms with E-state index in [2.05, 4.69) is 59.8 Å². The van der Waals surface area contributed by atoms with E-state index in [4.69, 9.17) is 4.43 Å². The van der Waals surface area contributed by atoms with Crippen LogP contribution in [-0.2, 0) is 4.43 Å². The molecule has 0 aromatic heterocycles. The van der Waals surface area contributed by atoms with Gasteiger partial charge in [-0.1, -0.05) is 65.3 Å². The SMILES string of the molecule is CC(C)[Si](OCCC1=CC=CC1)(C(C)C)C(C)C. The molecule has 0 N–H and O–H groups in total. The second-order valence-electron chi connectivity index (χ2n) is 6.37. The monoisotopic (exact) mass is 266 g/mol. The molecule has 0 unspecified atom stereocenters. The van der Waals surface area contributed by atoms with Gasteiger partial charge in [-0.25, -0.2) is 0 Å². The molecule has 1 aliphatic rings. The maximum Gasteiger partial charge on any atom is 0.200 e. The normalized spacial score (nSPS) is 16.2. The highest BCUT2D eigenvalue weighted by molar-refractivity contribution is 6.77. The smallest absolute Gasteiger partial charge is 0.200 e. The van der Waals surface area contributed by atoms with Crippen LogP contribution in [0.25, 0.3) is 0 Å². The highest BCUT2D eigenvalue weighted by Gasteiger charge is 2.44. The van der Waals surface area contributed by atoms with Crippen LogP contribution in [0.2, 0.25) is 16.6 Å². The minimum atomic E-state index is -1.65. The van der Waals surface area contributed by atoms with Crippen molar-refractivity contribution >= 4 is 8.32 Å². The Balaban J connectivity index is 2.61. The molecular formula is C16H30OSi. The van der Waals surface area contributed by atoms with Crippen LogP contribution in [0.5, 0.6) is 0 Å². The number of hydrogen-bond donors (Lipinski definition) is 0. The summed E-state index contributed by atoms with van der Waals surface area (Å²) in [6.07, 6.45) is 8.87. The molecule has 0 bridgehead atoms. The van der Waals surface area contributed by atoms with Gasteiger partial charge in [0.05, 0.1) is 0 Å². The Bertz CT molecular complexity index is 291. The highest BCUT2D eigenvalue weighted by Crippen LogP contribution is 2.42. The van der Waals surface area contributed by atoms with Crippen molar-refractivity contribution in [2.45, 2.75) is 71.0 Å². The lowest BCUT2D eigenvalue weighted by atomic mass is 10.2. The van der Waals surface area contributed by atoms with Crippen molar-refractivity contribution in [2.24, 2.45) is 0 Å². The Labute approximate surface area is 114 Å². The van der Waals surface area contributed by atoms with Crippen molar-refractivity contribution in [1.82, 2.24) is 0 Å². The van der Waals surface area contributed by atoms with E-state index in [1.165, 1.54) is 5.57 Å². The van der Waals surface area contributed by atoms with Crippen LogP contribution in [-0.4, -0.2) is 14.9 Å². The number of allylic oxidation sites excluding steroid dienone is 3. The maximum atomic E-state index is 6.55. The molecule has 18 heavy (non-hydrogen) atoms. The van der Waals surface area contributed by atoms with Crippen LogP contribution in [0.3, 0.4) is 0 Å². The van der Waals surface area contributed by atoms with Crippen molar-refractivity contribution in [3.05, 3.63) is 23.8 Å². The van der Waals surface area contributed by atoms with Crippen molar-refractivity contribution in [1.29, 1.82) is 0 Å². The van der Waals surface area contributed by atoms with Gasteiger partial charge in [-0.05, 0) is 29.5 Å². The Morgan fingerprint density at radius 3 is 2.00 bits per heavy atom. The van der Waals surface area contributed by atoms with Crippen LogP contribution < -0.4 is 0 Å². The Hall–Kier alpha value is -0.343. The fourth-order valence-corrected chi connectivity index (χ4v) is 8.99. The fourth-order valence-electron chi connectivity index (χ4n) is 3.54. The zero-order chi connectivity index (χ0) is 13.8.